The molecule has 0 radical (unpaired) electrons. The molecule has 3 N–H and O–H groups in total. The van der Waals surface area contributed by atoms with Gasteiger partial charge in [0.1, 0.15) is 5.82 Å². The molecule has 1 aromatic heterocycles. The Kier molecular flexibility index (Phi) is 5.26. The van der Waals surface area contributed by atoms with Gasteiger partial charge < -0.3 is 15.7 Å². The van der Waals surface area contributed by atoms with Crippen LogP contribution in [-0.2, 0) is 0 Å². The molecule has 0 atom stereocenters. The summed E-state index contributed by atoms with van der Waals surface area (Å²) in [4.78, 5) is 9.07. The van der Waals surface area contributed by atoms with Crippen molar-refractivity contribution in [3.8, 4) is 11.3 Å². The summed E-state index contributed by atoms with van der Waals surface area (Å²) in [7, 11) is 0. The highest BCUT2D eigenvalue weighted by Crippen LogP contribution is 2.25. The molecule has 3 aromatic rings. The number of rotatable bonds is 6. The van der Waals surface area contributed by atoms with Crippen LogP contribution in [0.25, 0.3) is 11.3 Å². The summed E-state index contributed by atoms with van der Waals surface area (Å²) in [6, 6.07) is 18.2. The predicted octanol–water partition coefficient (Wildman–Crippen LogP) is 3.91. The first-order valence-electron chi connectivity index (χ1n) is 8.29. The van der Waals surface area contributed by atoms with Crippen molar-refractivity contribution in [3.05, 3.63) is 65.7 Å². The van der Waals surface area contributed by atoms with Crippen LogP contribution in [0.15, 0.2) is 54.6 Å². The summed E-state index contributed by atoms with van der Waals surface area (Å²) in [6.07, 6.45) is 0. The third kappa shape index (κ3) is 4.33. The van der Waals surface area contributed by atoms with Crippen LogP contribution in [0.1, 0.15) is 11.1 Å². The Morgan fingerprint density at radius 1 is 0.960 bits per heavy atom. The van der Waals surface area contributed by atoms with E-state index in [2.05, 4.69) is 52.6 Å². The molecule has 0 unspecified atom stereocenters. The lowest BCUT2D eigenvalue weighted by atomic mass is 10.1. The molecular formula is C20H22N4O. The van der Waals surface area contributed by atoms with E-state index in [0.29, 0.717) is 18.3 Å². The maximum absolute atomic E-state index is 9.05. The summed E-state index contributed by atoms with van der Waals surface area (Å²) in [6.45, 7) is 4.56. The molecule has 0 bridgehead atoms. The normalized spacial score (nSPS) is 10.5. The lowest BCUT2D eigenvalue weighted by Gasteiger charge is -2.13. The van der Waals surface area contributed by atoms with Crippen molar-refractivity contribution in [2.24, 2.45) is 0 Å². The van der Waals surface area contributed by atoms with Gasteiger partial charge >= 0.3 is 0 Å². The fraction of sp³-hybridized carbons (Fsp3) is 0.200. The summed E-state index contributed by atoms with van der Waals surface area (Å²) < 4.78 is 0. The van der Waals surface area contributed by atoms with Gasteiger partial charge in [0.05, 0.1) is 12.3 Å². The van der Waals surface area contributed by atoms with Crippen molar-refractivity contribution in [2.45, 2.75) is 13.8 Å². The van der Waals surface area contributed by atoms with Crippen LogP contribution in [0.3, 0.4) is 0 Å². The van der Waals surface area contributed by atoms with E-state index < -0.39 is 0 Å². The molecule has 0 aliphatic heterocycles. The average Bonchev–Trinajstić information content (AvgIpc) is 2.63. The SMILES string of the molecule is Cc1ccc(C)c(Nc2cc(-c3ccccc3)nc(NCCO)n2)c1. The fourth-order valence-electron chi connectivity index (χ4n) is 2.52. The number of hydrogen-bond donors (Lipinski definition) is 3. The van der Waals surface area contributed by atoms with Gasteiger partial charge in [0.15, 0.2) is 0 Å². The minimum atomic E-state index is 0.0265. The highest BCUT2D eigenvalue weighted by atomic mass is 16.3. The molecule has 5 nitrogen and oxygen atoms in total. The summed E-state index contributed by atoms with van der Waals surface area (Å²) in [5.41, 5.74) is 5.19. The van der Waals surface area contributed by atoms with Crippen molar-refractivity contribution in [1.29, 1.82) is 0 Å². The lowest BCUT2D eigenvalue weighted by Crippen LogP contribution is -2.10. The number of hydrogen-bond acceptors (Lipinski definition) is 5. The van der Waals surface area contributed by atoms with Gasteiger partial charge in [0.25, 0.3) is 0 Å². The van der Waals surface area contributed by atoms with Crippen LogP contribution in [-0.4, -0.2) is 28.2 Å². The van der Waals surface area contributed by atoms with E-state index in [4.69, 9.17) is 5.11 Å². The van der Waals surface area contributed by atoms with Gasteiger partial charge in [-0.05, 0) is 31.0 Å². The number of anilines is 3. The Morgan fingerprint density at radius 2 is 1.76 bits per heavy atom. The van der Waals surface area contributed by atoms with Gasteiger partial charge in [-0.2, -0.15) is 4.98 Å². The standard InChI is InChI=1S/C20H22N4O/c1-14-8-9-15(2)17(12-14)22-19-13-18(16-6-4-3-5-7-16)23-20(24-19)21-10-11-25/h3-9,12-13,25H,10-11H2,1-2H3,(H2,21,22,23,24). The number of aromatic nitrogens is 2. The molecule has 2 aromatic carbocycles. The average molecular weight is 334 g/mol. The number of aryl methyl sites for hydroxylation is 2. The quantitative estimate of drug-likeness (QED) is 0.637. The Balaban J connectivity index is 1.98. The lowest BCUT2D eigenvalue weighted by molar-refractivity contribution is 0.311. The third-order valence-electron chi connectivity index (χ3n) is 3.85. The van der Waals surface area contributed by atoms with Crippen molar-refractivity contribution in [1.82, 2.24) is 9.97 Å². The van der Waals surface area contributed by atoms with Gasteiger partial charge in [-0.1, -0.05) is 42.5 Å². The molecule has 25 heavy (non-hydrogen) atoms. The highest BCUT2D eigenvalue weighted by molar-refractivity contribution is 5.68. The topological polar surface area (TPSA) is 70.1 Å². The van der Waals surface area contributed by atoms with Crippen LogP contribution in [0.4, 0.5) is 17.5 Å². The number of aliphatic hydroxyl groups is 1. The molecule has 0 aliphatic rings. The van der Waals surface area contributed by atoms with E-state index >= 15 is 0 Å². The maximum Gasteiger partial charge on any atom is 0.225 e. The number of nitrogens with zero attached hydrogens (tertiary/aromatic N) is 2. The van der Waals surface area contributed by atoms with Crippen LogP contribution in [0.5, 0.6) is 0 Å². The van der Waals surface area contributed by atoms with Crippen LogP contribution in [0.2, 0.25) is 0 Å². The van der Waals surface area contributed by atoms with Gasteiger partial charge in [-0.3, -0.25) is 0 Å². The molecule has 0 saturated carbocycles. The molecule has 128 valence electrons. The van der Waals surface area contributed by atoms with Crippen molar-refractivity contribution < 1.29 is 5.11 Å². The molecule has 0 aliphatic carbocycles. The summed E-state index contributed by atoms with van der Waals surface area (Å²) in [5.74, 6) is 1.20. The van der Waals surface area contributed by atoms with Crippen molar-refractivity contribution in [2.75, 3.05) is 23.8 Å². The Hall–Kier alpha value is -2.92. The maximum atomic E-state index is 9.05. The second kappa shape index (κ2) is 7.77. The minimum Gasteiger partial charge on any atom is -0.395 e. The Bertz CT molecular complexity index is 850. The number of aliphatic hydroxyl groups excluding tert-OH is 1. The molecular weight excluding hydrogens is 312 g/mol. The number of nitrogens with one attached hydrogen (secondary N) is 2. The van der Waals surface area contributed by atoms with E-state index in [1.165, 1.54) is 5.56 Å². The van der Waals surface area contributed by atoms with Crippen molar-refractivity contribution >= 4 is 17.5 Å². The molecule has 0 amide bonds. The van der Waals surface area contributed by atoms with E-state index in [0.717, 1.165) is 22.5 Å². The number of benzene rings is 2. The highest BCUT2D eigenvalue weighted by Gasteiger charge is 2.08. The molecule has 0 fully saturated rings. The van der Waals surface area contributed by atoms with Crippen molar-refractivity contribution in [3.63, 3.8) is 0 Å². The smallest absolute Gasteiger partial charge is 0.225 e. The zero-order valence-corrected chi connectivity index (χ0v) is 14.5. The van der Waals surface area contributed by atoms with E-state index in [1.54, 1.807) is 0 Å². The van der Waals surface area contributed by atoms with Crippen LogP contribution in [0, 0.1) is 13.8 Å². The second-order valence-corrected chi connectivity index (χ2v) is 5.92. The first-order valence-corrected chi connectivity index (χ1v) is 8.29. The molecule has 5 heteroatoms. The minimum absolute atomic E-state index is 0.0265. The first kappa shape index (κ1) is 16.9. The zero-order valence-electron chi connectivity index (χ0n) is 14.5. The van der Waals surface area contributed by atoms with E-state index in [1.807, 2.05) is 36.4 Å². The van der Waals surface area contributed by atoms with Crippen LogP contribution >= 0.6 is 0 Å². The second-order valence-electron chi connectivity index (χ2n) is 5.92. The van der Waals surface area contributed by atoms with Gasteiger partial charge in [-0.15, -0.1) is 0 Å². The molecule has 0 saturated heterocycles. The van der Waals surface area contributed by atoms with Crippen LogP contribution < -0.4 is 10.6 Å². The van der Waals surface area contributed by atoms with E-state index in [-0.39, 0.29) is 6.61 Å². The Morgan fingerprint density at radius 3 is 2.52 bits per heavy atom. The van der Waals surface area contributed by atoms with Gasteiger partial charge in [-0.25, -0.2) is 4.98 Å². The summed E-state index contributed by atoms with van der Waals surface area (Å²) >= 11 is 0. The fourth-order valence-corrected chi connectivity index (χ4v) is 2.52. The predicted molar refractivity (Wildman–Crippen MR) is 102 cm³/mol. The third-order valence-corrected chi connectivity index (χ3v) is 3.85. The van der Waals surface area contributed by atoms with E-state index in [9.17, 15) is 0 Å². The van der Waals surface area contributed by atoms with Gasteiger partial charge in [0, 0.05) is 23.9 Å². The Labute approximate surface area is 147 Å². The molecule has 0 spiro atoms. The monoisotopic (exact) mass is 334 g/mol. The zero-order chi connectivity index (χ0) is 17.6. The van der Waals surface area contributed by atoms with Gasteiger partial charge in [0.2, 0.25) is 5.95 Å². The summed E-state index contributed by atoms with van der Waals surface area (Å²) in [5, 5.41) is 15.5. The first-order chi connectivity index (χ1) is 12.2. The molecule has 1 heterocycles. The molecule has 3 rings (SSSR count). The largest absolute Gasteiger partial charge is 0.395 e.